The number of amides is 1. The molecule has 0 spiro atoms. The maximum atomic E-state index is 13.5. The molecule has 1 heterocycles. The molecule has 0 bridgehead atoms. The van der Waals surface area contributed by atoms with E-state index in [0.717, 1.165) is 6.08 Å². The fraction of sp³-hybridized carbons (Fsp3) is 0.0667. The molecule has 1 aromatic carbocycles. The number of ether oxygens (including phenoxy) is 1. The monoisotopic (exact) mass is 367 g/mol. The van der Waals surface area contributed by atoms with Gasteiger partial charge in [0.2, 0.25) is 0 Å². The van der Waals surface area contributed by atoms with Crippen molar-refractivity contribution >= 4 is 39.6 Å². The number of esters is 1. The molecule has 2 aromatic rings. The van der Waals surface area contributed by atoms with Crippen molar-refractivity contribution < 1.29 is 23.1 Å². The van der Waals surface area contributed by atoms with Gasteiger partial charge in [0.15, 0.2) is 6.61 Å². The van der Waals surface area contributed by atoms with E-state index in [1.165, 1.54) is 24.5 Å². The third-order valence-electron chi connectivity index (χ3n) is 2.48. The first-order valence-electron chi connectivity index (χ1n) is 6.18. The van der Waals surface area contributed by atoms with Crippen molar-refractivity contribution in [3.05, 3.63) is 58.7 Å². The van der Waals surface area contributed by atoms with Crippen LogP contribution in [0.3, 0.4) is 0 Å². The SMILES string of the molecule is O=C(COC(=O)C=Cc1ccco1)Nc1ccc(Br)cc1F. The van der Waals surface area contributed by atoms with Crippen LogP contribution in [-0.2, 0) is 14.3 Å². The molecule has 0 fully saturated rings. The van der Waals surface area contributed by atoms with Crippen LogP contribution < -0.4 is 5.32 Å². The van der Waals surface area contributed by atoms with E-state index in [2.05, 4.69) is 21.2 Å². The molecule has 22 heavy (non-hydrogen) atoms. The van der Waals surface area contributed by atoms with Crippen molar-refractivity contribution in [3.8, 4) is 0 Å². The predicted octanol–water partition coefficient (Wildman–Crippen LogP) is 3.38. The topological polar surface area (TPSA) is 68.5 Å². The number of benzene rings is 1. The van der Waals surface area contributed by atoms with Crippen LogP contribution in [0.2, 0.25) is 0 Å². The summed E-state index contributed by atoms with van der Waals surface area (Å²) in [5.41, 5.74) is 0.00961. The van der Waals surface area contributed by atoms with E-state index in [1.54, 1.807) is 18.2 Å². The van der Waals surface area contributed by atoms with E-state index in [0.29, 0.717) is 10.2 Å². The first-order valence-corrected chi connectivity index (χ1v) is 6.97. The molecule has 0 radical (unpaired) electrons. The van der Waals surface area contributed by atoms with Crippen LogP contribution >= 0.6 is 15.9 Å². The lowest BCUT2D eigenvalue weighted by Gasteiger charge is -2.06. The zero-order valence-electron chi connectivity index (χ0n) is 11.2. The largest absolute Gasteiger partial charge is 0.465 e. The highest BCUT2D eigenvalue weighted by molar-refractivity contribution is 9.10. The summed E-state index contributed by atoms with van der Waals surface area (Å²) in [5, 5.41) is 2.31. The summed E-state index contributed by atoms with van der Waals surface area (Å²) in [4.78, 5) is 23.0. The second-order valence-electron chi connectivity index (χ2n) is 4.13. The normalized spacial score (nSPS) is 10.6. The summed E-state index contributed by atoms with van der Waals surface area (Å²) in [7, 11) is 0. The molecule has 0 saturated carbocycles. The van der Waals surface area contributed by atoms with Gasteiger partial charge in [-0.05, 0) is 36.4 Å². The van der Waals surface area contributed by atoms with Crippen molar-refractivity contribution in [1.29, 1.82) is 0 Å². The highest BCUT2D eigenvalue weighted by Gasteiger charge is 2.09. The van der Waals surface area contributed by atoms with Gasteiger partial charge in [-0.15, -0.1) is 0 Å². The Kier molecular flexibility index (Phi) is 5.48. The van der Waals surface area contributed by atoms with Crippen LogP contribution in [0, 0.1) is 5.82 Å². The minimum atomic E-state index is -0.706. The summed E-state index contributed by atoms with van der Waals surface area (Å²) in [6.45, 7) is -0.517. The van der Waals surface area contributed by atoms with E-state index in [1.807, 2.05) is 0 Å². The average Bonchev–Trinajstić information content (AvgIpc) is 2.99. The number of furan rings is 1. The summed E-state index contributed by atoms with van der Waals surface area (Å²) in [6, 6.07) is 7.53. The Labute approximate surface area is 133 Å². The van der Waals surface area contributed by atoms with Gasteiger partial charge in [-0.25, -0.2) is 9.18 Å². The highest BCUT2D eigenvalue weighted by atomic mass is 79.9. The molecular weight excluding hydrogens is 357 g/mol. The van der Waals surface area contributed by atoms with Crippen molar-refractivity contribution in [1.82, 2.24) is 0 Å². The molecule has 7 heteroatoms. The molecule has 5 nitrogen and oxygen atoms in total. The molecule has 1 aromatic heterocycles. The summed E-state index contributed by atoms with van der Waals surface area (Å²) < 4.78 is 23.8. The Morgan fingerprint density at radius 2 is 2.18 bits per heavy atom. The molecule has 114 valence electrons. The fourth-order valence-electron chi connectivity index (χ4n) is 1.50. The minimum Gasteiger partial charge on any atom is -0.465 e. The number of carbonyl (C=O) groups is 2. The van der Waals surface area contributed by atoms with Gasteiger partial charge < -0.3 is 14.5 Å². The zero-order valence-corrected chi connectivity index (χ0v) is 12.8. The fourth-order valence-corrected chi connectivity index (χ4v) is 1.83. The van der Waals surface area contributed by atoms with Gasteiger partial charge in [-0.2, -0.15) is 0 Å². The summed E-state index contributed by atoms with van der Waals surface area (Å²) in [6.07, 6.45) is 4.01. The average molecular weight is 368 g/mol. The smallest absolute Gasteiger partial charge is 0.331 e. The second kappa shape index (κ2) is 7.56. The van der Waals surface area contributed by atoms with Gasteiger partial charge in [-0.3, -0.25) is 4.79 Å². The zero-order chi connectivity index (χ0) is 15.9. The molecule has 0 unspecified atom stereocenters. The third-order valence-corrected chi connectivity index (χ3v) is 2.97. The maximum Gasteiger partial charge on any atom is 0.331 e. The number of rotatable bonds is 5. The van der Waals surface area contributed by atoms with Gasteiger partial charge in [-0.1, -0.05) is 15.9 Å². The number of hydrogen-bond acceptors (Lipinski definition) is 4. The van der Waals surface area contributed by atoms with Gasteiger partial charge in [0.05, 0.1) is 12.0 Å². The first kappa shape index (κ1) is 16.0. The molecule has 1 N–H and O–H groups in total. The van der Waals surface area contributed by atoms with E-state index in [4.69, 9.17) is 9.15 Å². The van der Waals surface area contributed by atoms with Crippen LogP contribution in [0.25, 0.3) is 6.08 Å². The quantitative estimate of drug-likeness (QED) is 0.649. The predicted molar refractivity (Wildman–Crippen MR) is 81.4 cm³/mol. The van der Waals surface area contributed by atoms with Crippen LogP contribution in [0.5, 0.6) is 0 Å². The van der Waals surface area contributed by atoms with Crippen LogP contribution in [0.4, 0.5) is 10.1 Å². The standard InChI is InChI=1S/C15H11BrFNO4/c16-10-3-5-13(12(17)8-10)18-14(19)9-22-15(20)6-4-11-2-1-7-21-11/h1-8H,9H2,(H,18,19). The Bertz CT molecular complexity index is 698. The van der Waals surface area contributed by atoms with Gasteiger partial charge >= 0.3 is 5.97 Å². The van der Waals surface area contributed by atoms with E-state index >= 15 is 0 Å². The minimum absolute atomic E-state index is 0.00961. The third kappa shape index (κ3) is 4.85. The molecule has 0 saturated heterocycles. The molecule has 0 aliphatic rings. The second-order valence-corrected chi connectivity index (χ2v) is 5.04. The van der Waals surface area contributed by atoms with Crippen molar-refractivity contribution in [2.24, 2.45) is 0 Å². The lowest BCUT2D eigenvalue weighted by atomic mass is 10.3. The number of hydrogen-bond donors (Lipinski definition) is 1. The number of carbonyl (C=O) groups excluding carboxylic acids is 2. The molecule has 0 atom stereocenters. The van der Waals surface area contributed by atoms with Crippen molar-refractivity contribution in [2.75, 3.05) is 11.9 Å². The summed E-state index contributed by atoms with van der Waals surface area (Å²) >= 11 is 3.11. The Morgan fingerprint density at radius 1 is 1.36 bits per heavy atom. The highest BCUT2D eigenvalue weighted by Crippen LogP contribution is 2.19. The van der Waals surface area contributed by atoms with Crippen molar-refractivity contribution in [2.45, 2.75) is 0 Å². The number of nitrogens with one attached hydrogen (secondary N) is 1. The molecule has 0 aliphatic heterocycles. The van der Waals surface area contributed by atoms with Crippen LogP contribution in [0.1, 0.15) is 5.76 Å². The van der Waals surface area contributed by atoms with Crippen LogP contribution in [0.15, 0.2) is 51.6 Å². The van der Waals surface area contributed by atoms with Gasteiger partial charge in [0.1, 0.15) is 11.6 Å². The first-order chi connectivity index (χ1) is 10.5. The van der Waals surface area contributed by atoms with E-state index in [-0.39, 0.29) is 5.69 Å². The lowest BCUT2D eigenvalue weighted by molar-refractivity contribution is -0.142. The maximum absolute atomic E-state index is 13.5. The van der Waals surface area contributed by atoms with Crippen LogP contribution in [-0.4, -0.2) is 18.5 Å². The van der Waals surface area contributed by atoms with Gasteiger partial charge in [0, 0.05) is 10.5 Å². The molecule has 1 amide bonds. The number of anilines is 1. The lowest BCUT2D eigenvalue weighted by Crippen LogP contribution is -2.20. The Morgan fingerprint density at radius 3 is 2.86 bits per heavy atom. The van der Waals surface area contributed by atoms with E-state index < -0.39 is 24.3 Å². The van der Waals surface area contributed by atoms with E-state index in [9.17, 15) is 14.0 Å². The summed E-state index contributed by atoms with van der Waals surface area (Å²) in [5.74, 6) is -1.45. The molecule has 2 rings (SSSR count). The molecule has 0 aliphatic carbocycles. The Balaban J connectivity index is 1.81. The Hall–Kier alpha value is -2.41. The molecular formula is C15H11BrFNO4. The number of halogens is 2. The van der Waals surface area contributed by atoms with Crippen molar-refractivity contribution in [3.63, 3.8) is 0 Å². The van der Waals surface area contributed by atoms with Gasteiger partial charge in [0.25, 0.3) is 5.91 Å².